The molecule has 76 valence electrons. The summed E-state index contributed by atoms with van der Waals surface area (Å²) in [5.74, 6) is 0.0933. The molecular formula is C11H16N2O. The van der Waals surface area contributed by atoms with E-state index in [0.29, 0.717) is 13.0 Å². The fourth-order valence-electron chi connectivity index (χ4n) is 1.20. The zero-order chi connectivity index (χ0) is 10.4. The van der Waals surface area contributed by atoms with Gasteiger partial charge < -0.3 is 5.32 Å². The SMILES string of the molecule is CCCC(=O)NCc1cccc(C)n1. The van der Waals surface area contributed by atoms with Crippen LogP contribution in [-0.2, 0) is 11.3 Å². The highest BCUT2D eigenvalue weighted by Gasteiger charge is 1.99. The molecule has 3 heteroatoms. The summed E-state index contributed by atoms with van der Waals surface area (Å²) in [5, 5.41) is 2.83. The smallest absolute Gasteiger partial charge is 0.220 e. The Labute approximate surface area is 84.6 Å². The van der Waals surface area contributed by atoms with Crippen LogP contribution in [0.25, 0.3) is 0 Å². The van der Waals surface area contributed by atoms with Crippen molar-refractivity contribution >= 4 is 5.91 Å². The lowest BCUT2D eigenvalue weighted by Gasteiger charge is -2.04. The van der Waals surface area contributed by atoms with Crippen LogP contribution in [0, 0.1) is 6.92 Å². The predicted octanol–water partition coefficient (Wildman–Crippen LogP) is 1.81. The summed E-state index contributed by atoms with van der Waals surface area (Å²) in [6.45, 7) is 4.46. The molecule has 1 heterocycles. The maximum Gasteiger partial charge on any atom is 0.220 e. The second-order valence-corrected chi connectivity index (χ2v) is 3.30. The molecule has 3 nitrogen and oxygen atoms in total. The first-order valence-electron chi connectivity index (χ1n) is 4.91. The minimum Gasteiger partial charge on any atom is -0.350 e. The largest absolute Gasteiger partial charge is 0.350 e. The standard InChI is InChI=1S/C11H16N2O/c1-3-5-11(14)12-8-10-7-4-6-9(2)13-10/h4,6-7H,3,5,8H2,1-2H3,(H,12,14). The predicted molar refractivity (Wildman–Crippen MR) is 55.7 cm³/mol. The van der Waals surface area contributed by atoms with E-state index in [4.69, 9.17) is 0 Å². The number of carbonyl (C=O) groups is 1. The number of rotatable bonds is 4. The van der Waals surface area contributed by atoms with E-state index in [2.05, 4.69) is 10.3 Å². The lowest BCUT2D eigenvalue weighted by molar-refractivity contribution is -0.121. The van der Waals surface area contributed by atoms with Crippen molar-refractivity contribution in [3.05, 3.63) is 29.6 Å². The molecule has 0 saturated heterocycles. The summed E-state index contributed by atoms with van der Waals surface area (Å²) in [4.78, 5) is 15.5. The van der Waals surface area contributed by atoms with Crippen molar-refractivity contribution in [1.82, 2.24) is 10.3 Å². The van der Waals surface area contributed by atoms with Crippen molar-refractivity contribution in [1.29, 1.82) is 0 Å². The first-order chi connectivity index (χ1) is 6.72. The van der Waals surface area contributed by atoms with Gasteiger partial charge in [-0.25, -0.2) is 0 Å². The fraction of sp³-hybridized carbons (Fsp3) is 0.455. The summed E-state index contributed by atoms with van der Waals surface area (Å²) in [5.41, 5.74) is 1.89. The van der Waals surface area contributed by atoms with Crippen LogP contribution in [-0.4, -0.2) is 10.9 Å². The van der Waals surface area contributed by atoms with Gasteiger partial charge in [0.15, 0.2) is 0 Å². The summed E-state index contributed by atoms with van der Waals surface area (Å²) in [6.07, 6.45) is 1.47. The van der Waals surface area contributed by atoms with Gasteiger partial charge in [0, 0.05) is 12.1 Å². The monoisotopic (exact) mass is 192 g/mol. The highest BCUT2D eigenvalue weighted by molar-refractivity contribution is 5.75. The van der Waals surface area contributed by atoms with Crippen LogP contribution in [0.5, 0.6) is 0 Å². The van der Waals surface area contributed by atoms with Gasteiger partial charge in [0.2, 0.25) is 5.91 Å². The number of hydrogen-bond donors (Lipinski definition) is 1. The molecule has 0 aliphatic heterocycles. The summed E-state index contributed by atoms with van der Waals surface area (Å²) >= 11 is 0. The van der Waals surface area contributed by atoms with Crippen LogP contribution in [0.1, 0.15) is 31.2 Å². The Morgan fingerprint density at radius 2 is 2.29 bits per heavy atom. The molecule has 0 aliphatic rings. The quantitative estimate of drug-likeness (QED) is 0.790. The molecule has 1 aromatic heterocycles. The minimum atomic E-state index is 0.0933. The maximum absolute atomic E-state index is 11.2. The molecule has 0 unspecified atom stereocenters. The van der Waals surface area contributed by atoms with E-state index in [1.165, 1.54) is 0 Å². The third kappa shape index (κ3) is 3.56. The number of carbonyl (C=O) groups excluding carboxylic acids is 1. The molecule has 0 bridgehead atoms. The zero-order valence-corrected chi connectivity index (χ0v) is 8.71. The van der Waals surface area contributed by atoms with Gasteiger partial charge in [-0.2, -0.15) is 0 Å². The van der Waals surface area contributed by atoms with Crippen LogP contribution in [0.15, 0.2) is 18.2 Å². The normalized spacial score (nSPS) is 9.86. The Morgan fingerprint density at radius 3 is 2.93 bits per heavy atom. The highest BCUT2D eigenvalue weighted by Crippen LogP contribution is 1.97. The van der Waals surface area contributed by atoms with Gasteiger partial charge in [0.05, 0.1) is 12.2 Å². The third-order valence-electron chi connectivity index (χ3n) is 1.89. The summed E-state index contributed by atoms with van der Waals surface area (Å²) < 4.78 is 0. The Bertz CT molecular complexity index is 310. The Morgan fingerprint density at radius 1 is 1.50 bits per heavy atom. The lowest BCUT2D eigenvalue weighted by Crippen LogP contribution is -2.22. The van der Waals surface area contributed by atoms with Crippen molar-refractivity contribution in [2.24, 2.45) is 0 Å². The van der Waals surface area contributed by atoms with E-state index < -0.39 is 0 Å². The fourth-order valence-corrected chi connectivity index (χ4v) is 1.20. The lowest BCUT2D eigenvalue weighted by atomic mass is 10.3. The van der Waals surface area contributed by atoms with Crippen molar-refractivity contribution in [2.45, 2.75) is 33.2 Å². The molecule has 0 aliphatic carbocycles. The molecule has 0 radical (unpaired) electrons. The zero-order valence-electron chi connectivity index (χ0n) is 8.71. The van der Waals surface area contributed by atoms with Crippen molar-refractivity contribution < 1.29 is 4.79 Å². The van der Waals surface area contributed by atoms with Gasteiger partial charge in [-0.3, -0.25) is 9.78 Å². The number of nitrogens with one attached hydrogen (secondary N) is 1. The first kappa shape index (κ1) is 10.7. The molecular weight excluding hydrogens is 176 g/mol. The maximum atomic E-state index is 11.2. The van der Waals surface area contributed by atoms with Gasteiger partial charge in [0.1, 0.15) is 0 Å². The Balaban J connectivity index is 2.41. The van der Waals surface area contributed by atoms with E-state index in [0.717, 1.165) is 17.8 Å². The van der Waals surface area contributed by atoms with E-state index in [1.54, 1.807) is 0 Å². The molecule has 0 atom stereocenters. The van der Waals surface area contributed by atoms with Gasteiger partial charge in [-0.1, -0.05) is 13.0 Å². The summed E-state index contributed by atoms with van der Waals surface area (Å²) in [7, 11) is 0. The van der Waals surface area contributed by atoms with E-state index in [1.807, 2.05) is 32.0 Å². The molecule has 0 saturated carbocycles. The number of aromatic nitrogens is 1. The molecule has 14 heavy (non-hydrogen) atoms. The average Bonchev–Trinajstić information content (AvgIpc) is 2.15. The van der Waals surface area contributed by atoms with E-state index in [-0.39, 0.29) is 5.91 Å². The number of aryl methyl sites for hydroxylation is 1. The van der Waals surface area contributed by atoms with Crippen LogP contribution in [0.2, 0.25) is 0 Å². The molecule has 0 fully saturated rings. The second-order valence-electron chi connectivity index (χ2n) is 3.30. The van der Waals surface area contributed by atoms with Crippen LogP contribution in [0.4, 0.5) is 0 Å². The topological polar surface area (TPSA) is 42.0 Å². The van der Waals surface area contributed by atoms with Crippen molar-refractivity contribution in [2.75, 3.05) is 0 Å². The highest BCUT2D eigenvalue weighted by atomic mass is 16.1. The number of nitrogens with zero attached hydrogens (tertiary/aromatic N) is 1. The van der Waals surface area contributed by atoms with Crippen LogP contribution >= 0.6 is 0 Å². The van der Waals surface area contributed by atoms with Crippen LogP contribution < -0.4 is 5.32 Å². The molecule has 1 rings (SSSR count). The van der Waals surface area contributed by atoms with E-state index in [9.17, 15) is 4.79 Å². The van der Waals surface area contributed by atoms with Crippen LogP contribution in [0.3, 0.4) is 0 Å². The second kappa shape index (κ2) is 5.37. The first-order valence-corrected chi connectivity index (χ1v) is 4.91. The van der Waals surface area contributed by atoms with Gasteiger partial charge in [-0.15, -0.1) is 0 Å². The van der Waals surface area contributed by atoms with Crippen molar-refractivity contribution in [3.8, 4) is 0 Å². The third-order valence-corrected chi connectivity index (χ3v) is 1.89. The number of amides is 1. The minimum absolute atomic E-state index is 0.0933. The Kier molecular flexibility index (Phi) is 4.11. The van der Waals surface area contributed by atoms with Gasteiger partial charge in [-0.05, 0) is 25.5 Å². The molecule has 1 N–H and O–H groups in total. The molecule has 0 spiro atoms. The summed E-state index contributed by atoms with van der Waals surface area (Å²) in [6, 6.07) is 5.81. The van der Waals surface area contributed by atoms with Crippen molar-refractivity contribution in [3.63, 3.8) is 0 Å². The Hall–Kier alpha value is -1.38. The van der Waals surface area contributed by atoms with E-state index >= 15 is 0 Å². The molecule has 1 aromatic rings. The number of pyridine rings is 1. The number of hydrogen-bond acceptors (Lipinski definition) is 2. The molecule has 0 aromatic carbocycles. The van der Waals surface area contributed by atoms with Gasteiger partial charge >= 0.3 is 0 Å². The average molecular weight is 192 g/mol. The van der Waals surface area contributed by atoms with Gasteiger partial charge in [0.25, 0.3) is 0 Å². The molecule has 1 amide bonds.